The smallest absolute Gasteiger partial charge is 0.326 e. The first kappa shape index (κ1) is 15.0. The van der Waals surface area contributed by atoms with Crippen LogP contribution in [0.4, 0.5) is 0 Å². The number of amides is 1. The largest absolute Gasteiger partial charge is 0.480 e. The number of carboxylic acids is 1. The molecular formula is C15H18N2O4. The summed E-state index contributed by atoms with van der Waals surface area (Å²) < 4.78 is 5.40. The van der Waals surface area contributed by atoms with Gasteiger partial charge in [-0.15, -0.1) is 0 Å². The number of furan rings is 1. The molecule has 2 rings (SSSR count). The van der Waals surface area contributed by atoms with Crippen LogP contribution in [0.15, 0.2) is 22.6 Å². The molecule has 21 heavy (non-hydrogen) atoms. The summed E-state index contributed by atoms with van der Waals surface area (Å²) in [5.74, 6) is -1.37. The monoisotopic (exact) mass is 290 g/mol. The molecule has 0 aliphatic heterocycles. The third-order valence-electron chi connectivity index (χ3n) is 3.05. The van der Waals surface area contributed by atoms with E-state index in [0.29, 0.717) is 17.5 Å². The maximum absolute atomic E-state index is 12.1. The summed E-state index contributed by atoms with van der Waals surface area (Å²) in [6.07, 6.45) is 0.360. The minimum Gasteiger partial charge on any atom is -0.480 e. The van der Waals surface area contributed by atoms with Gasteiger partial charge in [0.05, 0.1) is 0 Å². The molecular weight excluding hydrogens is 272 g/mol. The lowest BCUT2D eigenvalue weighted by atomic mass is 10.0. The number of aromatic nitrogens is 1. The van der Waals surface area contributed by atoms with Crippen LogP contribution in [0.5, 0.6) is 0 Å². The van der Waals surface area contributed by atoms with E-state index in [4.69, 9.17) is 9.52 Å². The molecule has 0 fully saturated rings. The molecule has 2 aromatic heterocycles. The van der Waals surface area contributed by atoms with Gasteiger partial charge in [-0.2, -0.15) is 0 Å². The molecule has 2 N–H and O–H groups in total. The molecule has 0 bridgehead atoms. The van der Waals surface area contributed by atoms with Crippen LogP contribution in [0.2, 0.25) is 0 Å². The number of carboxylic acid groups (broad SMARTS) is 1. The van der Waals surface area contributed by atoms with Gasteiger partial charge < -0.3 is 14.8 Å². The second-order valence-electron chi connectivity index (χ2n) is 5.44. The Balaban J connectivity index is 2.19. The van der Waals surface area contributed by atoms with Crippen LogP contribution in [0.3, 0.4) is 0 Å². The summed E-state index contributed by atoms with van der Waals surface area (Å²) in [6.45, 7) is 5.64. The van der Waals surface area contributed by atoms with Crippen molar-refractivity contribution in [3.8, 4) is 0 Å². The van der Waals surface area contributed by atoms with Gasteiger partial charge in [-0.1, -0.05) is 13.8 Å². The Labute approximate surface area is 122 Å². The molecule has 1 unspecified atom stereocenters. The number of nitrogens with one attached hydrogen (secondary N) is 1. The third-order valence-corrected chi connectivity index (χ3v) is 3.05. The number of aryl methyl sites for hydroxylation is 1. The highest BCUT2D eigenvalue weighted by Crippen LogP contribution is 2.18. The Bertz CT molecular complexity index is 675. The molecule has 112 valence electrons. The van der Waals surface area contributed by atoms with Crippen molar-refractivity contribution in [1.29, 1.82) is 0 Å². The fourth-order valence-electron chi connectivity index (χ4n) is 2.06. The first-order valence-electron chi connectivity index (χ1n) is 6.77. The Morgan fingerprint density at radius 2 is 2.10 bits per heavy atom. The highest BCUT2D eigenvalue weighted by molar-refractivity contribution is 5.97. The third kappa shape index (κ3) is 3.59. The fraction of sp³-hybridized carbons (Fsp3) is 0.400. The van der Waals surface area contributed by atoms with Crippen LogP contribution in [-0.4, -0.2) is 28.0 Å². The Kier molecular flexibility index (Phi) is 4.26. The molecule has 6 heteroatoms. The van der Waals surface area contributed by atoms with E-state index < -0.39 is 17.9 Å². The van der Waals surface area contributed by atoms with Gasteiger partial charge in [0.1, 0.15) is 11.6 Å². The van der Waals surface area contributed by atoms with Crippen molar-refractivity contribution in [1.82, 2.24) is 10.3 Å². The van der Waals surface area contributed by atoms with Gasteiger partial charge in [-0.3, -0.25) is 4.79 Å². The van der Waals surface area contributed by atoms with E-state index in [0.717, 1.165) is 5.69 Å². The maximum Gasteiger partial charge on any atom is 0.326 e. The number of rotatable bonds is 5. The first-order chi connectivity index (χ1) is 9.86. The van der Waals surface area contributed by atoms with E-state index in [1.807, 2.05) is 20.8 Å². The number of hydrogen-bond donors (Lipinski definition) is 2. The number of hydrogen-bond acceptors (Lipinski definition) is 4. The predicted molar refractivity (Wildman–Crippen MR) is 77.1 cm³/mol. The summed E-state index contributed by atoms with van der Waals surface area (Å²) in [7, 11) is 0. The summed E-state index contributed by atoms with van der Waals surface area (Å²) in [5, 5.41) is 11.6. The van der Waals surface area contributed by atoms with Gasteiger partial charge in [0.25, 0.3) is 5.91 Å². The van der Waals surface area contributed by atoms with Gasteiger partial charge in [-0.25, -0.2) is 9.78 Å². The Morgan fingerprint density at radius 3 is 2.71 bits per heavy atom. The van der Waals surface area contributed by atoms with Gasteiger partial charge in [0, 0.05) is 11.8 Å². The highest BCUT2D eigenvalue weighted by Gasteiger charge is 2.23. The van der Waals surface area contributed by atoms with Gasteiger partial charge in [0.2, 0.25) is 0 Å². The lowest BCUT2D eigenvalue weighted by molar-refractivity contribution is -0.139. The van der Waals surface area contributed by atoms with Gasteiger partial charge >= 0.3 is 5.97 Å². The van der Waals surface area contributed by atoms with E-state index in [1.54, 1.807) is 12.1 Å². The van der Waals surface area contributed by atoms with Gasteiger partial charge in [0.15, 0.2) is 11.3 Å². The summed E-state index contributed by atoms with van der Waals surface area (Å²) in [6, 6.07) is 4.11. The van der Waals surface area contributed by atoms with Gasteiger partial charge in [-0.05, 0) is 31.4 Å². The summed E-state index contributed by atoms with van der Waals surface area (Å²) >= 11 is 0. The van der Waals surface area contributed by atoms with Crippen molar-refractivity contribution in [3.63, 3.8) is 0 Å². The molecule has 1 amide bonds. The summed E-state index contributed by atoms with van der Waals surface area (Å²) in [4.78, 5) is 27.5. The van der Waals surface area contributed by atoms with Crippen LogP contribution in [-0.2, 0) is 4.79 Å². The van der Waals surface area contributed by atoms with Crippen LogP contribution in [0.1, 0.15) is 36.5 Å². The number of nitrogens with zero attached hydrogens (tertiary/aromatic N) is 1. The molecule has 0 saturated carbocycles. The van der Waals surface area contributed by atoms with E-state index >= 15 is 0 Å². The van der Waals surface area contributed by atoms with Crippen LogP contribution < -0.4 is 5.32 Å². The average Bonchev–Trinajstić information content (AvgIpc) is 2.80. The standard InChI is InChI=1S/C15H18N2O4/c1-8(2)6-11(15(19)20)17-14(18)13-7-10-12(21-13)5-4-9(3)16-10/h4-5,7-8,11H,6H2,1-3H3,(H,17,18)(H,19,20). The molecule has 6 nitrogen and oxygen atoms in total. The minimum absolute atomic E-state index is 0.0677. The quantitative estimate of drug-likeness (QED) is 0.881. The molecule has 0 radical (unpaired) electrons. The number of carbonyl (C=O) groups excluding carboxylic acids is 1. The zero-order chi connectivity index (χ0) is 15.6. The zero-order valence-electron chi connectivity index (χ0n) is 12.2. The van der Waals surface area contributed by atoms with Crippen LogP contribution >= 0.6 is 0 Å². The van der Waals surface area contributed by atoms with Crippen LogP contribution in [0.25, 0.3) is 11.1 Å². The number of aliphatic carboxylic acids is 1. The fourth-order valence-corrected chi connectivity index (χ4v) is 2.06. The van der Waals surface area contributed by atoms with E-state index in [-0.39, 0.29) is 11.7 Å². The second-order valence-corrected chi connectivity index (χ2v) is 5.44. The SMILES string of the molecule is Cc1ccc2oc(C(=O)NC(CC(C)C)C(=O)O)cc2n1. The van der Waals surface area contributed by atoms with Crippen molar-refractivity contribution in [3.05, 3.63) is 29.7 Å². The minimum atomic E-state index is -1.05. The highest BCUT2D eigenvalue weighted by atomic mass is 16.4. The number of fused-ring (bicyclic) bond motifs is 1. The summed E-state index contributed by atoms with van der Waals surface area (Å²) in [5.41, 5.74) is 1.90. The lowest BCUT2D eigenvalue weighted by Crippen LogP contribution is -2.41. The number of pyridine rings is 1. The molecule has 0 aliphatic rings. The molecule has 0 saturated heterocycles. The first-order valence-corrected chi connectivity index (χ1v) is 6.77. The van der Waals surface area contributed by atoms with E-state index in [1.165, 1.54) is 6.07 Å². The van der Waals surface area contributed by atoms with Crippen molar-refractivity contribution < 1.29 is 19.1 Å². The topological polar surface area (TPSA) is 92.4 Å². The lowest BCUT2D eigenvalue weighted by Gasteiger charge is -2.15. The second kappa shape index (κ2) is 5.95. The average molecular weight is 290 g/mol. The van der Waals surface area contributed by atoms with Crippen molar-refractivity contribution in [2.75, 3.05) is 0 Å². The Hall–Kier alpha value is -2.37. The molecule has 2 heterocycles. The maximum atomic E-state index is 12.1. The van der Waals surface area contributed by atoms with E-state index in [2.05, 4.69) is 10.3 Å². The number of carbonyl (C=O) groups is 2. The predicted octanol–water partition coefficient (Wildman–Crippen LogP) is 2.37. The normalized spacial score (nSPS) is 12.6. The van der Waals surface area contributed by atoms with Crippen LogP contribution in [0, 0.1) is 12.8 Å². The molecule has 0 aromatic carbocycles. The molecule has 0 spiro atoms. The van der Waals surface area contributed by atoms with Crippen molar-refractivity contribution in [2.45, 2.75) is 33.2 Å². The van der Waals surface area contributed by atoms with Crippen molar-refractivity contribution in [2.24, 2.45) is 5.92 Å². The van der Waals surface area contributed by atoms with Crippen molar-refractivity contribution >= 4 is 23.0 Å². The zero-order valence-corrected chi connectivity index (χ0v) is 12.2. The Morgan fingerprint density at radius 1 is 1.38 bits per heavy atom. The molecule has 0 aliphatic carbocycles. The van der Waals surface area contributed by atoms with E-state index in [9.17, 15) is 9.59 Å². The molecule has 1 atom stereocenters. The molecule has 2 aromatic rings.